The van der Waals surface area contributed by atoms with Crippen LogP contribution in [0.2, 0.25) is 0 Å². The molecule has 1 saturated heterocycles. The summed E-state index contributed by atoms with van der Waals surface area (Å²) in [4.78, 5) is 27.8. The first kappa shape index (κ1) is 24.3. The standard InChI is InChI=1S/C24H32N4O5/c1-15(2)31-24(29)28-11-9-20(10-12-28)32-22-17(4)23(26-14-25-22)33-27-18(5)19-7-8-21(30-6)16(3)13-19/h7-8,13-15,20H,9-12H2,1-6H3/b27-18-. The lowest BCUT2D eigenvalue weighted by molar-refractivity contribution is 0.0504. The molecule has 1 fully saturated rings. The molecule has 9 heteroatoms. The van der Waals surface area contributed by atoms with Crippen molar-refractivity contribution in [2.75, 3.05) is 20.2 Å². The van der Waals surface area contributed by atoms with Gasteiger partial charge >= 0.3 is 6.09 Å². The minimum absolute atomic E-state index is 0.0536. The number of methoxy groups -OCH3 is 1. The molecule has 2 aromatic rings. The Morgan fingerprint density at radius 2 is 1.85 bits per heavy atom. The topological polar surface area (TPSA) is 95.4 Å². The molecule has 0 unspecified atom stereocenters. The zero-order valence-electron chi connectivity index (χ0n) is 20.1. The Kier molecular flexibility index (Phi) is 8.08. The quantitative estimate of drug-likeness (QED) is 0.453. The van der Waals surface area contributed by atoms with Crippen LogP contribution in [0.25, 0.3) is 0 Å². The number of likely N-dealkylation sites (tertiary alicyclic amines) is 1. The van der Waals surface area contributed by atoms with Crippen molar-refractivity contribution in [3.05, 3.63) is 41.2 Å². The Morgan fingerprint density at radius 3 is 2.48 bits per heavy atom. The number of carbonyl (C=O) groups is 1. The van der Waals surface area contributed by atoms with E-state index in [2.05, 4.69) is 15.1 Å². The molecule has 33 heavy (non-hydrogen) atoms. The van der Waals surface area contributed by atoms with E-state index in [1.54, 1.807) is 12.0 Å². The molecule has 0 aliphatic carbocycles. The second kappa shape index (κ2) is 11.0. The van der Waals surface area contributed by atoms with Gasteiger partial charge in [0.1, 0.15) is 18.2 Å². The van der Waals surface area contributed by atoms with Gasteiger partial charge in [-0.15, -0.1) is 0 Å². The van der Waals surface area contributed by atoms with Crippen LogP contribution in [0.3, 0.4) is 0 Å². The second-order valence-electron chi connectivity index (χ2n) is 8.30. The first-order valence-corrected chi connectivity index (χ1v) is 11.1. The van der Waals surface area contributed by atoms with Crippen LogP contribution in [0, 0.1) is 13.8 Å². The summed E-state index contributed by atoms with van der Waals surface area (Å²) in [5, 5.41) is 4.23. The van der Waals surface area contributed by atoms with Crippen molar-refractivity contribution in [2.45, 2.75) is 59.7 Å². The van der Waals surface area contributed by atoms with Gasteiger partial charge in [-0.2, -0.15) is 4.98 Å². The molecule has 0 atom stereocenters. The van der Waals surface area contributed by atoms with Gasteiger partial charge in [0.05, 0.1) is 24.5 Å². The zero-order chi connectivity index (χ0) is 24.0. The second-order valence-corrected chi connectivity index (χ2v) is 8.30. The van der Waals surface area contributed by atoms with E-state index >= 15 is 0 Å². The first-order chi connectivity index (χ1) is 15.8. The van der Waals surface area contributed by atoms with Gasteiger partial charge in [-0.1, -0.05) is 5.16 Å². The number of carbonyl (C=O) groups excluding carboxylic acids is 1. The number of hydrogen-bond acceptors (Lipinski definition) is 8. The Hall–Kier alpha value is -3.36. The molecule has 2 heterocycles. The average molecular weight is 457 g/mol. The van der Waals surface area contributed by atoms with Crippen LogP contribution in [-0.2, 0) is 4.74 Å². The lowest BCUT2D eigenvalue weighted by Gasteiger charge is -2.31. The fraction of sp³-hybridized carbons (Fsp3) is 0.500. The summed E-state index contributed by atoms with van der Waals surface area (Å²) < 4.78 is 16.7. The minimum Gasteiger partial charge on any atom is -0.496 e. The smallest absolute Gasteiger partial charge is 0.410 e. The lowest BCUT2D eigenvalue weighted by atomic mass is 10.1. The third-order valence-corrected chi connectivity index (χ3v) is 5.39. The van der Waals surface area contributed by atoms with E-state index in [1.165, 1.54) is 6.33 Å². The van der Waals surface area contributed by atoms with Crippen LogP contribution in [0.15, 0.2) is 29.7 Å². The number of nitrogens with zero attached hydrogens (tertiary/aromatic N) is 4. The molecule has 9 nitrogen and oxygen atoms in total. The number of rotatable bonds is 7. The minimum atomic E-state index is -0.280. The number of ether oxygens (including phenoxy) is 3. The third-order valence-electron chi connectivity index (χ3n) is 5.39. The molecule has 1 aromatic carbocycles. The van der Waals surface area contributed by atoms with Gasteiger partial charge in [0.2, 0.25) is 5.88 Å². The number of hydrogen-bond donors (Lipinski definition) is 0. The molecule has 178 valence electrons. The number of benzene rings is 1. The van der Waals surface area contributed by atoms with Crippen molar-refractivity contribution in [2.24, 2.45) is 5.16 Å². The fourth-order valence-corrected chi connectivity index (χ4v) is 3.49. The van der Waals surface area contributed by atoms with E-state index in [9.17, 15) is 4.79 Å². The maximum atomic E-state index is 12.1. The molecule has 1 amide bonds. The molecule has 1 aromatic heterocycles. The zero-order valence-corrected chi connectivity index (χ0v) is 20.1. The Bertz CT molecular complexity index is 1000. The Morgan fingerprint density at radius 1 is 1.15 bits per heavy atom. The van der Waals surface area contributed by atoms with Crippen LogP contribution in [0.4, 0.5) is 4.79 Å². The summed E-state index contributed by atoms with van der Waals surface area (Å²) >= 11 is 0. The number of aryl methyl sites for hydroxylation is 1. The van der Waals surface area contributed by atoms with Gasteiger partial charge in [-0.25, -0.2) is 9.78 Å². The van der Waals surface area contributed by atoms with E-state index in [1.807, 2.05) is 52.8 Å². The maximum Gasteiger partial charge on any atom is 0.410 e. The fourth-order valence-electron chi connectivity index (χ4n) is 3.49. The van der Waals surface area contributed by atoms with Gasteiger partial charge in [0.25, 0.3) is 5.88 Å². The predicted octanol–water partition coefficient (Wildman–Crippen LogP) is 4.29. The van der Waals surface area contributed by atoms with Crippen molar-refractivity contribution in [3.63, 3.8) is 0 Å². The van der Waals surface area contributed by atoms with Crippen molar-refractivity contribution >= 4 is 11.8 Å². The number of oxime groups is 1. The Balaban J connectivity index is 1.61. The van der Waals surface area contributed by atoms with Crippen LogP contribution in [-0.4, -0.2) is 59.1 Å². The highest BCUT2D eigenvalue weighted by Gasteiger charge is 2.26. The molecule has 1 aliphatic rings. The molecule has 0 bridgehead atoms. The van der Waals surface area contributed by atoms with Crippen LogP contribution in [0.5, 0.6) is 17.5 Å². The van der Waals surface area contributed by atoms with E-state index in [4.69, 9.17) is 19.0 Å². The molecular formula is C24H32N4O5. The predicted molar refractivity (Wildman–Crippen MR) is 124 cm³/mol. The van der Waals surface area contributed by atoms with Crippen molar-refractivity contribution < 1.29 is 23.8 Å². The maximum absolute atomic E-state index is 12.1. The van der Waals surface area contributed by atoms with Crippen molar-refractivity contribution in [3.8, 4) is 17.5 Å². The molecule has 0 spiro atoms. The van der Waals surface area contributed by atoms with Gasteiger partial charge in [-0.05, 0) is 63.9 Å². The van der Waals surface area contributed by atoms with Gasteiger partial charge in [-0.3, -0.25) is 0 Å². The molecule has 0 saturated carbocycles. The third kappa shape index (κ3) is 6.34. The normalized spacial score (nSPS) is 14.9. The van der Waals surface area contributed by atoms with E-state index < -0.39 is 0 Å². The molecular weight excluding hydrogens is 424 g/mol. The summed E-state index contributed by atoms with van der Waals surface area (Å²) in [5.41, 5.74) is 3.32. The van der Waals surface area contributed by atoms with Crippen LogP contribution >= 0.6 is 0 Å². The molecule has 1 aliphatic heterocycles. The summed E-state index contributed by atoms with van der Waals surface area (Å²) in [5.74, 6) is 1.61. The molecule has 3 rings (SSSR count). The van der Waals surface area contributed by atoms with Gasteiger partial charge in [0, 0.05) is 25.9 Å². The van der Waals surface area contributed by atoms with E-state index in [-0.39, 0.29) is 18.3 Å². The van der Waals surface area contributed by atoms with Crippen molar-refractivity contribution in [1.82, 2.24) is 14.9 Å². The van der Waals surface area contributed by atoms with E-state index in [0.717, 1.165) is 16.9 Å². The number of piperidine rings is 1. The highest BCUT2D eigenvalue weighted by molar-refractivity contribution is 5.98. The van der Waals surface area contributed by atoms with E-state index in [0.29, 0.717) is 49.0 Å². The SMILES string of the molecule is COc1ccc(/C(C)=N\Oc2ncnc(OC3CCN(C(=O)OC(C)C)CC3)c2C)cc1C. The largest absolute Gasteiger partial charge is 0.496 e. The molecule has 0 N–H and O–H groups in total. The lowest BCUT2D eigenvalue weighted by Crippen LogP contribution is -2.42. The molecule has 0 radical (unpaired) electrons. The summed E-state index contributed by atoms with van der Waals surface area (Å²) in [6, 6.07) is 5.82. The average Bonchev–Trinajstić information content (AvgIpc) is 2.79. The first-order valence-electron chi connectivity index (χ1n) is 11.1. The summed E-state index contributed by atoms with van der Waals surface area (Å²) in [6.45, 7) is 10.5. The summed E-state index contributed by atoms with van der Waals surface area (Å²) in [7, 11) is 1.65. The highest BCUT2D eigenvalue weighted by atomic mass is 16.6. The van der Waals surface area contributed by atoms with Crippen LogP contribution < -0.4 is 14.3 Å². The monoisotopic (exact) mass is 456 g/mol. The van der Waals surface area contributed by atoms with Crippen molar-refractivity contribution in [1.29, 1.82) is 0 Å². The summed E-state index contributed by atoms with van der Waals surface area (Å²) in [6.07, 6.45) is 2.32. The number of aromatic nitrogens is 2. The highest BCUT2D eigenvalue weighted by Crippen LogP contribution is 2.26. The Labute approximate surface area is 194 Å². The van der Waals surface area contributed by atoms with Gasteiger partial charge < -0.3 is 23.9 Å². The van der Waals surface area contributed by atoms with Gasteiger partial charge in [0.15, 0.2) is 0 Å². The van der Waals surface area contributed by atoms with Crippen LogP contribution in [0.1, 0.15) is 50.3 Å². The number of amides is 1.